The molecule has 0 atom stereocenters. The summed E-state index contributed by atoms with van der Waals surface area (Å²) in [4.78, 5) is 49.1. The Morgan fingerprint density at radius 2 is 2.11 bits per heavy atom. The number of amides is 2. The minimum Gasteiger partial charge on any atom is -0.466 e. The van der Waals surface area contributed by atoms with Crippen LogP contribution < -0.4 is 5.32 Å². The lowest BCUT2D eigenvalue weighted by Gasteiger charge is -2.15. The number of carbonyl (C=O) groups excluding carboxylic acids is 3. The quantitative estimate of drug-likeness (QED) is 0.583. The maximum absolute atomic E-state index is 12.8. The van der Waals surface area contributed by atoms with Crippen LogP contribution in [0.3, 0.4) is 0 Å². The van der Waals surface area contributed by atoms with Crippen molar-refractivity contribution in [1.82, 2.24) is 20.2 Å². The number of aromatic nitrogens is 2. The van der Waals surface area contributed by atoms with E-state index >= 15 is 0 Å². The van der Waals surface area contributed by atoms with Gasteiger partial charge in [0.2, 0.25) is 0 Å². The first-order valence-corrected chi connectivity index (χ1v) is 9.02. The molecule has 1 aliphatic rings. The van der Waals surface area contributed by atoms with Crippen molar-refractivity contribution in [2.45, 2.75) is 6.54 Å². The molecule has 2 N–H and O–H groups in total. The Balaban J connectivity index is 1.99. The summed E-state index contributed by atoms with van der Waals surface area (Å²) in [7, 11) is 2.73. The molecule has 28 heavy (non-hydrogen) atoms. The Morgan fingerprint density at radius 3 is 2.79 bits per heavy atom. The third kappa shape index (κ3) is 4.12. The molecule has 2 heterocycles. The molecule has 144 valence electrons. The zero-order chi connectivity index (χ0) is 20.1. The molecule has 0 radical (unpaired) electrons. The molecule has 10 heteroatoms. The summed E-state index contributed by atoms with van der Waals surface area (Å²) < 4.78 is 4.61. The molecule has 9 nitrogen and oxygen atoms in total. The average molecular weight is 399 g/mol. The Morgan fingerprint density at radius 1 is 1.36 bits per heavy atom. The molecule has 0 spiro atoms. The van der Waals surface area contributed by atoms with E-state index < -0.39 is 5.97 Å². The van der Waals surface area contributed by atoms with Crippen LogP contribution in [0.4, 0.5) is 5.82 Å². The fourth-order valence-electron chi connectivity index (χ4n) is 2.42. The highest BCUT2D eigenvalue weighted by Gasteiger charge is 2.34. The van der Waals surface area contributed by atoms with Crippen molar-refractivity contribution in [2.24, 2.45) is 4.99 Å². The van der Waals surface area contributed by atoms with Crippen LogP contribution in [0.1, 0.15) is 16.1 Å². The Bertz CT molecular complexity index is 967. The predicted molar refractivity (Wildman–Crippen MR) is 104 cm³/mol. The zero-order valence-corrected chi connectivity index (χ0v) is 15.9. The van der Waals surface area contributed by atoms with Gasteiger partial charge in [-0.1, -0.05) is 30.3 Å². The minimum atomic E-state index is -0.636. The Kier molecular flexibility index (Phi) is 5.90. The van der Waals surface area contributed by atoms with Gasteiger partial charge < -0.3 is 15.0 Å². The predicted octanol–water partition coefficient (Wildman–Crippen LogP) is 1.59. The molecule has 1 aromatic carbocycles. The molecular formula is C18H17N5O4S. The van der Waals surface area contributed by atoms with E-state index in [0.717, 1.165) is 23.4 Å². The van der Waals surface area contributed by atoms with Crippen molar-refractivity contribution in [2.75, 3.05) is 14.2 Å². The lowest BCUT2D eigenvalue weighted by atomic mass is 10.2. The summed E-state index contributed by atoms with van der Waals surface area (Å²) >= 11 is 1.02. The number of imidazole rings is 1. The highest BCUT2D eigenvalue weighted by atomic mass is 32.2. The molecule has 0 unspecified atom stereocenters. The van der Waals surface area contributed by atoms with E-state index in [9.17, 15) is 14.4 Å². The van der Waals surface area contributed by atoms with Crippen LogP contribution in [-0.4, -0.2) is 52.0 Å². The molecule has 0 saturated carbocycles. The number of methoxy groups -OCH3 is 1. The molecule has 0 bridgehead atoms. The van der Waals surface area contributed by atoms with Crippen LogP contribution in [0.15, 0.2) is 52.6 Å². The summed E-state index contributed by atoms with van der Waals surface area (Å²) in [6.45, 7) is 0.254. The standard InChI is InChI=1S/C18H17N5O4S/c1-19-16(25)14-15(21-10-20-14)22-18-23(9-11-6-4-3-5-7-11)17(26)12(28-18)8-13(24)27-2/h3-8,10H,9H2,1-2H3,(H,19,25)(H,20,21). The SMILES string of the molecule is CNC(=O)c1[nH]cnc1N=C1SC(=CC(=O)OC)C(=O)N1Cc1ccccc1. The highest BCUT2D eigenvalue weighted by Crippen LogP contribution is 2.34. The van der Waals surface area contributed by atoms with Crippen LogP contribution in [-0.2, 0) is 20.9 Å². The van der Waals surface area contributed by atoms with Crippen molar-refractivity contribution in [3.8, 4) is 0 Å². The van der Waals surface area contributed by atoms with E-state index in [1.165, 1.54) is 25.4 Å². The number of carbonyl (C=O) groups is 3. The highest BCUT2D eigenvalue weighted by molar-refractivity contribution is 8.18. The van der Waals surface area contributed by atoms with Gasteiger partial charge in [0.05, 0.1) is 24.9 Å². The van der Waals surface area contributed by atoms with E-state index in [4.69, 9.17) is 0 Å². The number of H-pyrrole nitrogens is 1. The van der Waals surface area contributed by atoms with Crippen molar-refractivity contribution < 1.29 is 19.1 Å². The van der Waals surface area contributed by atoms with Gasteiger partial charge in [-0.25, -0.2) is 14.8 Å². The monoisotopic (exact) mass is 399 g/mol. The van der Waals surface area contributed by atoms with Crippen LogP contribution in [0.25, 0.3) is 0 Å². The number of hydrogen-bond acceptors (Lipinski definition) is 7. The second-order valence-corrected chi connectivity index (χ2v) is 6.59. The first kappa shape index (κ1) is 19.4. The van der Waals surface area contributed by atoms with Crippen molar-refractivity contribution >= 4 is 40.5 Å². The van der Waals surface area contributed by atoms with Crippen LogP contribution in [0.5, 0.6) is 0 Å². The number of esters is 1. The molecule has 3 rings (SSSR count). The van der Waals surface area contributed by atoms with Gasteiger partial charge in [-0.05, 0) is 17.3 Å². The maximum Gasteiger partial charge on any atom is 0.331 e. The number of aliphatic imine (C=N–C) groups is 1. The number of benzene rings is 1. The summed E-state index contributed by atoms with van der Waals surface area (Å²) in [5, 5.41) is 2.80. The molecular weight excluding hydrogens is 382 g/mol. The van der Waals surface area contributed by atoms with Crippen molar-refractivity contribution in [3.05, 3.63) is 58.9 Å². The van der Waals surface area contributed by atoms with Gasteiger partial charge in [0.1, 0.15) is 0 Å². The van der Waals surface area contributed by atoms with Gasteiger partial charge in [-0.3, -0.25) is 14.5 Å². The van der Waals surface area contributed by atoms with Crippen LogP contribution in [0.2, 0.25) is 0 Å². The Hall–Kier alpha value is -3.40. The van der Waals surface area contributed by atoms with Crippen LogP contribution >= 0.6 is 11.8 Å². The van der Waals surface area contributed by atoms with E-state index in [1.54, 1.807) is 0 Å². The number of nitrogens with one attached hydrogen (secondary N) is 2. The normalized spacial score (nSPS) is 16.6. The molecule has 1 saturated heterocycles. The molecule has 2 aromatic rings. The number of hydrogen-bond donors (Lipinski definition) is 2. The number of ether oxygens (including phenoxy) is 1. The van der Waals surface area contributed by atoms with Gasteiger partial charge in [0.25, 0.3) is 11.8 Å². The van der Waals surface area contributed by atoms with E-state index in [-0.39, 0.29) is 34.8 Å². The topological polar surface area (TPSA) is 117 Å². The lowest BCUT2D eigenvalue weighted by molar-refractivity contribution is -0.135. The largest absolute Gasteiger partial charge is 0.466 e. The first-order valence-electron chi connectivity index (χ1n) is 8.21. The number of aromatic amines is 1. The Labute approximate surface area is 164 Å². The molecule has 2 amide bonds. The smallest absolute Gasteiger partial charge is 0.331 e. The van der Waals surface area contributed by atoms with Gasteiger partial charge in [-0.15, -0.1) is 0 Å². The second-order valence-electron chi connectivity index (χ2n) is 5.59. The zero-order valence-electron chi connectivity index (χ0n) is 15.1. The summed E-state index contributed by atoms with van der Waals surface area (Å²) in [5.74, 6) is -1.25. The lowest BCUT2D eigenvalue weighted by Crippen LogP contribution is -2.28. The van der Waals surface area contributed by atoms with Crippen LogP contribution in [0, 0.1) is 0 Å². The van der Waals surface area contributed by atoms with Gasteiger partial charge >= 0.3 is 5.97 Å². The average Bonchev–Trinajstić information content (AvgIpc) is 3.28. The third-order valence-corrected chi connectivity index (χ3v) is 4.80. The van der Waals surface area contributed by atoms with Crippen molar-refractivity contribution in [3.63, 3.8) is 0 Å². The fourth-order valence-corrected chi connectivity index (χ4v) is 3.36. The number of rotatable bonds is 5. The first-order chi connectivity index (χ1) is 13.5. The van der Waals surface area contributed by atoms with E-state index in [2.05, 4.69) is 25.0 Å². The molecule has 1 fully saturated rings. The maximum atomic E-state index is 12.8. The summed E-state index contributed by atoms with van der Waals surface area (Å²) in [6.07, 6.45) is 2.47. The minimum absolute atomic E-state index is 0.145. The second kappa shape index (κ2) is 8.53. The van der Waals surface area contributed by atoms with E-state index in [0.29, 0.717) is 5.17 Å². The molecule has 0 aliphatic carbocycles. The number of amidine groups is 1. The van der Waals surface area contributed by atoms with Gasteiger partial charge in [0, 0.05) is 13.1 Å². The molecule has 1 aliphatic heterocycles. The molecule has 1 aromatic heterocycles. The van der Waals surface area contributed by atoms with Crippen molar-refractivity contribution in [1.29, 1.82) is 0 Å². The summed E-state index contributed by atoms with van der Waals surface area (Å²) in [6, 6.07) is 9.36. The number of nitrogens with zero attached hydrogens (tertiary/aromatic N) is 3. The van der Waals surface area contributed by atoms with E-state index in [1.807, 2.05) is 30.3 Å². The van der Waals surface area contributed by atoms with Gasteiger partial charge in [0.15, 0.2) is 16.7 Å². The fraction of sp³-hybridized carbons (Fsp3) is 0.167. The third-order valence-electron chi connectivity index (χ3n) is 3.80. The number of thioether (sulfide) groups is 1. The summed E-state index contributed by atoms with van der Waals surface area (Å²) in [5.41, 5.74) is 1.06. The van der Waals surface area contributed by atoms with Gasteiger partial charge in [-0.2, -0.15) is 0 Å².